The molecule has 1 aromatic heterocycles. The summed E-state index contributed by atoms with van der Waals surface area (Å²) in [6.45, 7) is 1.05. The van der Waals surface area contributed by atoms with Gasteiger partial charge in [0.2, 0.25) is 5.91 Å². The molecule has 0 atom stereocenters. The lowest BCUT2D eigenvalue weighted by atomic mass is 10.1. The third-order valence-electron chi connectivity index (χ3n) is 2.59. The summed E-state index contributed by atoms with van der Waals surface area (Å²) in [5, 5.41) is 18.4. The second-order valence-electron chi connectivity index (χ2n) is 4.42. The molecule has 0 aliphatic carbocycles. The van der Waals surface area contributed by atoms with Gasteiger partial charge in [-0.1, -0.05) is 12.1 Å². The van der Waals surface area contributed by atoms with Crippen molar-refractivity contribution in [3.63, 3.8) is 0 Å². The molecule has 3 N–H and O–H groups in total. The van der Waals surface area contributed by atoms with Crippen LogP contribution in [0.5, 0.6) is 5.75 Å². The van der Waals surface area contributed by atoms with Crippen molar-refractivity contribution in [1.82, 2.24) is 4.98 Å². The van der Waals surface area contributed by atoms with E-state index >= 15 is 0 Å². The van der Waals surface area contributed by atoms with Gasteiger partial charge in [-0.05, 0) is 24.6 Å². The Balaban J connectivity index is 0.000000891. The van der Waals surface area contributed by atoms with Crippen LogP contribution in [-0.4, -0.2) is 27.6 Å². The van der Waals surface area contributed by atoms with Crippen LogP contribution in [0.15, 0.2) is 24.3 Å². The van der Waals surface area contributed by atoms with Gasteiger partial charge in [-0.15, -0.1) is 11.3 Å². The Morgan fingerprint density at radius 1 is 1.42 bits per heavy atom. The maximum absolute atomic E-state index is 12.6. The van der Waals surface area contributed by atoms with E-state index in [0.29, 0.717) is 5.56 Å². The van der Waals surface area contributed by atoms with E-state index in [9.17, 15) is 23.1 Å². The number of carbonyl (C=O) groups excluding carboxylic acids is 1. The van der Waals surface area contributed by atoms with Crippen molar-refractivity contribution in [3.05, 3.63) is 40.4 Å². The van der Waals surface area contributed by atoms with E-state index in [1.54, 1.807) is 12.1 Å². The maximum Gasteiger partial charge on any atom is 0.434 e. The predicted octanol–water partition coefficient (Wildman–Crippen LogP) is 3.06. The number of aromatic hydroxyl groups is 1. The van der Waals surface area contributed by atoms with Gasteiger partial charge in [0.15, 0.2) is 10.8 Å². The zero-order chi connectivity index (χ0) is 18.3. The average Bonchev–Trinajstić information content (AvgIpc) is 2.80. The van der Waals surface area contributed by atoms with Crippen LogP contribution in [0.2, 0.25) is 0 Å². The molecular formula is C14H13F3N2O4S. The SMILES string of the molecule is Cc1sc(NC(=O)Cc2cccc(O)c2)nc1C(F)(F)F.O=CO. The van der Waals surface area contributed by atoms with Crippen LogP contribution in [0.25, 0.3) is 0 Å². The maximum atomic E-state index is 12.6. The highest BCUT2D eigenvalue weighted by atomic mass is 32.1. The molecule has 2 rings (SSSR count). The second kappa shape index (κ2) is 8.29. The topological polar surface area (TPSA) is 99.5 Å². The Bertz CT molecular complexity index is 716. The molecule has 130 valence electrons. The standard InChI is InChI=1S/C13H11F3N2O2S.CH2O2/c1-7-11(13(14,15)16)18-12(21-7)17-10(20)6-8-3-2-4-9(19)5-8;2-1-3/h2-5,19H,6H2,1H3,(H,17,18,20);1H,(H,2,3). The van der Waals surface area contributed by atoms with Crippen molar-refractivity contribution in [1.29, 1.82) is 0 Å². The summed E-state index contributed by atoms with van der Waals surface area (Å²) in [5.41, 5.74) is -0.433. The molecule has 1 amide bonds. The minimum atomic E-state index is -4.53. The number of aromatic nitrogens is 1. The van der Waals surface area contributed by atoms with E-state index in [1.807, 2.05) is 0 Å². The number of rotatable bonds is 3. The molecular weight excluding hydrogens is 349 g/mol. The highest BCUT2D eigenvalue weighted by Gasteiger charge is 2.36. The summed E-state index contributed by atoms with van der Waals surface area (Å²) in [5.74, 6) is -0.479. The summed E-state index contributed by atoms with van der Waals surface area (Å²) < 4.78 is 37.8. The van der Waals surface area contributed by atoms with E-state index in [0.717, 1.165) is 11.3 Å². The van der Waals surface area contributed by atoms with Gasteiger partial charge in [-0.25, -0.2) is 4.98 Å². The van der Waals surface area contributed by atoms with Crippen LogP contribution < -0.4 is 5.32 Å². The lowest BCUT2D eigenvalue weighted by molar-refractivity contribution is -0.141. The number of thiazole rings is 1. The number of hydrogen-bond acceptors (Lipinski definition) is 5. The highest BCUT2D eigenvalue weighted by molar-refractivity contribution is 7.15. The number of anilines is 1. The Morgan fingerprint density at radius 3 is 2.54 bits per heavy atom. The largest absolute Gasteiger partial charge is 0.508 e. The monoisotopic (exact) mass is 362 g/mol. The van der Waals surface area contributed by atoms with Gasteiger partial charge in [-0.3, -0.25) is 9.59 Å². The third-order valence-corrected chi connectivity index (χ3v) is 3.47. The van der Waals surface area contributed by atoms with Gasteiger partial charge in [-0.2, -0.15) is 13.2 Å². The fourth-order valence-electron chi connectivity index (χ4n) is 1.73. The summed E-state index contributed by atoms with van der Waals surface area (Å²) in [7, 11) is 0. The second-order valence-corrected chi connectivity index (χ2v) is 5.63. The minimum absolute atomic E-state index is 0.00449. The number of halogens is 3. The Morgan fingerprint density at radius 2 is 2.04 bits per heavy atom. The number of carbonyl (C=O) groups is 2. The number of aryl methyl sites for hydroxylation is 1. The number of nitrogens with one attached hydrogen (secondary N) is 1. The summed E-state index contributed by atoms with van der Waals surface area (Å²) in [4.78, 5) is 23.5. The molecule has 24 heavy (non-hydrogen) atoms. The van der Waals surface area contributed by atoms with Gasteiger partial charge >= 0.3 is 6.18 Å². The third kappa shape index (κ3) is 5.88. The molecule has 1 heterocycles. The first kappa shape index (κ1) is 19.4. The van der Waals surface area contributed by atoms with Gasteiger partial charge in [0, 0.05) is 4.88 Å². The van der Waals surface area contributed by atoms with Crippen molar-refractivity contribution in [2.24, 2.45) is 0 Å². The zero-order valence-corrected chi connectivity index (χ0v) is 13.1. The highest BCUT2D eigenvalue weighted by Crippen LogP contribution is 2.35. The Hall–Kier alpha value is -2.62. The van der Waals surface area contributed by atoms with Gasteiger partial charge in [0.25, 0.3) is 6.47 Å². The van der Waals surface area contributed by atoms with Crippen molar-refractivity contribution >= 4 is 28.8 Å². The molecule has 2 aromatic rings. The van der Waals surface area contributed by atoms with Gasteiger partial charge < -0.3 is 15.5 Å². The number of phenols is 1. The van der Waals surface area contributed by atoms with Gasteiger partial charge in [0.05, 0.1) is 6.42 Å². The number of carboxylic acid groups (broad SMARTS) is 1. The van der Waals surface area contributed by atoms with E-state index in [4.69, 9.17) is 9.90 Å². The van der Waals surface area contributed by atoms with Crippen LogP contribution in [-0.2, 0) is 22.2 Å². The van der Waals surface area contributed by atoms with E-state index in [1.165, 1.54) is 19.1 Å². The van der Waals surface area contributed by atoms with Crippen molar-refractivity contribution < 1.29 is 33.0 Å². The van der Waals surface area contributed by atoms with Crippen molar-refractivity contribution in [2.45, 2.75) is 19.5 Å². The molecule has 0 aliphatic heterocycles. The van der Waals surface area contributed by atoms with Crippen LogP contribution in [0, 0.1) is 6.92 Å². The molecule has 6 nitrogen and oxygen atoms in total. The molecule has 1 aromatic carbocycles. The smallest absolute Gasteiger partial charge is 0.434 e. The lowest BCUT2D eigenvalue weighted by Crippen LogP contribution is -2.14. The first-order chi connectivity index (χ1) is 11.2. The fourth-order valence-corrected chi connectivity index (χ4v) is 2.58. The van der Waals surface area contributed by atoms with Crippen LogP contribution in [0.4, 0.5) is 18.3 Å². The Kier molecular flexibility index (Phi) is 6.71. The normalized spacial score (nSPS) is 10.5. The first-order valence-corrected chi connectivity index (χ1v) is 7.19. The number of alkyl halides is 3. The van der Waals surface area contributed by atoms with E-state index < -0.39 is 17.8 Å². The predicted molar refractivity (Wildman–Crippen MR) is 81.0 cm³/mol. The minimum Gasteiger partial charge on any atom is -0.508 e. The number of nitrogens with zero attached hydrogens (tertiary/aromatic N) is 1. The molecule has 0 bridgehead atoms. The fraction of sp³-hybridized carbons (Fsp3) is 0.214. The molecule has 0 saturated carbocycles. The van der Waals surface area contributed by atoms with Crippen LogP contribution in [0.3, 0.4) is 0 Å². The number of benzene rings is 1. The molecule has 0 aliphatic rings. The summed E-state index contributed by atoms with van der Waals surface area (Å²) in [6.07, 6.45) is -4.59. The van der Waals surface area contributed by atoms with Crippen molar-refractivity contribution in [2.75, 3.05) is 5.32 Å². The first-order valence-electron chi connectivity index (χ1n) is 6.37. The van der Waals surface area contributed by atoms with E-state index in [2.05, 4.69) is 10.3 Å². The quantitative estimate of drug-likeness (QED) is 0.729. The zero-order valence-electron chi connectivity index (χ0n) is 12.3. The molecule has 0 radical (unpaired) electrons. The number of amides is 1. The summed E-state index contributed by atoms with van der Waals surface area (Å²) >= 11 is 0.771. The number of hydrogen-bond donors (Lipinski definition) is 3. The molecule has 0 unspecified atom stereocenters. The average molecular weight is 362 g/mol. The van der Waals surface area contributed by atoms with Crippen LogP contribution >= 0.6 is 11.3 Å². The molecule has 0 fully saturated rings. The molecule has 0 spiro atoms. The van der Waals surface area contributed by atoms with Gasteiger partial charge in [0.1, 0.15) is 5.75 Å². The van der Waals surface area contributed by atoms with Crippen LogP contribution in [0.1, 0.15) is 16.1 Å². The van der Waals surface area contributed by atoms with E-state index in [-0.39, 0.29) is 28.7 Å². The lowest BCUT2D eigenvalue weighted by Gasteiger charge is -2.03. The Labute approximate surface area is 138 Å². The number of phenolic OH excluding ortho intramolecular Hbond substituents is 1. The molecule has 10 heteroatoms. The molecule has 0 saturated heterocycles. The summed E-state index contributed by atoms with van der Waals surface area (Å²) in [6, 6.07) is 6.08. The van der Waals surface area contributed by atoms with Crippen molar-refractivity contribution in [3.8, 4) is 5.75 Å².